The Hall–Kier alpha value is -1.65. The number of nitrogens with one attached hydrogen (secondary N) is 1. The van der Waals surface area contributed by atoms with E-state index in [1.165, 1.54) is 12.1 Å². The van der Waals surface area contributed by atoms with Crippen LogP contribution in [0.5, 0.6) is 0 Å². The summed E-state index contributed by atoms with van der Waals surface area (Å²) < 4.78 is 36.8. The number of halogens is 3. The van der Waals surface area contributed by atoms with E-state index in [1.54, 1.807) is 6.07 Å². The molecule has 0 radical (unpaired) electrons. The van der Waals surface area contributed by atoms with Crippen molar-refractivity contribution < 1.29 is 13.2 Å². The fourth-order valence-corrected chi connectivity index (χ4v) is 1.30. The van der Waals surface area contributed by atoms with Crippen molar-refractivity contribution in [3.05, 3.63) is 30.0 Å². The molecule has 14 heavy (non-hydrogen) atoms. The predicted octanol–water partition coefficient (Wildman–Crippen LogP) is 2.77. The van der Waals surface area contributed by atoms with Crippen molar-refractivity contribution in [3.63, 3.8) is 0 Å². The molecule has 2 aromatic rings. The Balaban J connectivity index is 2.63. The molecule has 0 bridgehead atoms. The third-order valence-electron chi connectivity index (χ3n) is 1.95. The Morgan fingerprint density at radius 1 is 1.14 bits per heavy atom. The maximum atomic E-state index is 12.3. The quantitative estimate of drug-likeness (QED) is 0.631. The molecule has 0 spiro atoms. The number of hydrogen-bond acceptors (Lipinski definition) is 1. The average Bonchev–Trinajstić information content (AvgIpc) is 2.45. The smallest absolute Gasteiger partial charge is 0.399 e. The van der Waals surface area contributed by atoms with Crippen LogP contribution < -0.4 is 5.73 Å². The number of aromatic amines is 1. The summed E-state index contributed by atoms with van der Waals surface area (Å²) in [6.07, 6.45) is -4.34. The molecule has 0 aliphatic heterocycles. The number of anilines is 1. The van der Waals surface area contributed by atoms with Crippen LogP contribution in [0.4, 0.5) is 18.9 Å². The van der Waals surface area contributed by atoms with Crippen molar-refractivity contribution in [1.82, 2.24) is 4.98 Å². The van der Waals surface area contributed by atoms with Gasteiger partial charge in [-0.3, -0.25) is 0 Å². The monoisotopic (exact) mass is 200 g/mol. The van der Waals surface area contributed by atoms with Gasteiger partial charge in [0.2, 0.25) is 0 Å². The first kappa shape index (κ1) is 8.93. The highest BCUT2D eigenvalue weighted by molar-refractivity contribution is 5.83. The number of nitrogen functional groups attached to an aromatic ring is 1. The Labute approximate surface area is 77.5 Å². The summed E-state index contributed by atoms with van der Waals surface area (Å²) in [5.41, 5.74) is 5.58. The SMILES string of the molecule is Nc1ccc2[nH]c(C(F)(F)F)cc2c1. The molecule has 0 atom stereocenters. The van der Waals surface area contributed by atoms with Crippen LogP contribution in [0.1, 0.15) is 5.69 Å². The molecule has 2 nitrogen and oxygen atoms in total. The lowest BCUT2D eigenvalue weighted by Crippen LogP contribution is -2.04. The number of aromatic nitrogens is 1. The normalized spacial score (nSPS) is 12.2. The van der Waals surface area contributed by atoms with Crippen LogP contribution in [0.25, 0.3) is 10.9 Å². The van der Waals surface area contributed by atoms with E-state index in [0.717, 1.165) is 6.07 Å². The van der Waals surface area contributed by atoms with Gasteiger partial charge in [0.25, 0.3) is 0 Å². The molecule has 0 unspecified atom stereocenters. The van der Waals surface area contributed by atoms with Crippen LogP contribution in [0.15, 0.2) is 24.3 Å². The van der Waals surface area contributed by atoms with Crippen LogP contribution >= 0.6 is 0 Å². The molecule has 2 rings (SSSR count). The number of fused-ring (bicyclic) bond motifs is 1. The van der Waals surface area contributed by atoms with Crippen LogP contribution in [0.3, 0.4) is 0 Å². The van der Waals surface area contributed by atoms with Crippen molar-refractivity contribution in [2.45, 2.75) is 6.18 Å². The van der Waals surface area contributed by atoms with E-state index in [0.29, 0.717) is 16.6 Å². The van der Waals surface area contributed by atoms with Gasteiger partial charge in [-0.1, -0.05) is 0 Å². The molecule has 0 fully saturated rings. The standard InChI is InChI=1S/C9H7F3N2/c10-9(11,12)8-4-5-3-6(13)1-2-7(5)14-8/h1-4,14H,13H2. The highest BCUT2D eigenvalue weighted by Gasteiger charge is 2.32. The summed E-state index contributed by atoms with van der Waals surface area (Å²) >= 11 is 0. The van der Waals surface area contributed by atoms with Gasteiger partial charge in [-0.15, -0.1) is 0 Å². The number of alkyl halides is 3. The highest BCUT2D eigenvalue weighted by atomic mass is 19.4. The Morgan fingerprint density at radius 2 is 1.86 bits per heavy atom. The molecule has 74 valence electrons. The Morgan fingerprint density at radius 3 is 2.50 bits per heavy atom. The molecule has 0 amide bonds. The van der Waals surface area contributed by atoms with E-state index in [1.807, 2.05) is 0 Å². The Kier molecular flexibility index (Phi) is 1.70. The van der Waals surface area contributed by atoms with Gasteiger partial charge in [0.15, 0.2) is 0 Å². The van der Waals surface area contributed by atoms with Gasteiger partial charge < -0.3 is 10.7 Å². The minimum atomic E-state index is -4.34. The fraction of sp³-hybridized carbons (Fsp3) is 0.111. The van der Waals surface area contributed by atoms with E-state index in [4.69, 9.17) is 5.73 Å². The molecular formula is C9H7F3N2. The van der Waals surface area contributed by atoms with Gasteiger partial charge in [-0.05, 0) is 24.3 Å². The van der Waals surface area contributed by atoms with Gasteiger partial charge in [-0.2, -0.15) is 13.2 Å². The summed E-state index contributed by atoms with van der Waals surface area (Å²) in [4.78, 5) is 2.28. The van der Waals surface area contributed by atoms with Crippen LogP contribution in [0.2, 0.25) is 0 Å². The summed E-state index contributed by atoms with van der Waals surface area (Å²) in [6.45, 7) is 0. The lowest BCUT2D eigenvalue weighted by Gasteiger charge is -2.00. The van der Waals surface area contributed by atoms with Gasteiger partial charge in [0.05, 0.1) is 0 Å². The molecule has 0 aliphatic rings. The van der Waals surface area contributed by atoms with E-state index in [9.17, 15) is 13.2 Å². The van der Waals surface area contributed by atoms with Gasteiger partial charge in [0.1, 0.15) is 5.69 Å². The molecule has 3 N–H and O–H groups in total. The summed E-state index contributed by atoms with van der Waals surface area (Å²) in [5, 5.41) is 0.470. The lowest BCUT2D eigenvalue weighted by molar-refractivity contribution is -0.140. The van der Waals surface area contributed by atoms with Crippen molar-refractivity contribution in [2.75, 3.05) is 5.73 Å². The molecule has 0 saturated heterocycles. The van der Waals surface area contributed by atoms with E-state index < -0.39 is 11.9 Å². The van der Waals surface area contributed by atoms with Crippen molar-refractivity contribution in [1.29, 1.82) is 0 Å². The molecule has 0 aliphatic carbocycles. The molecule has 1 aromatic carbocycles. The van der Waals surface area contributed by atoms with Crippen molar-refractivity contribution in [2.24, 2.45) is 0 Å². The highest BCUT2D eigenvalue weighted by Crippen LogP contribution is 2.31. The van der Waals surface area contributed by atoms with Gasteiger partial charge in [-0.25, -0.2) is 0 Å². The topological polar surface area (TPSA) is 41.8 Å². The number of benzene rings is 1. The number of hydrogen-bond donors (Lipinski definition) is 2. The molecule has 1 heterocycles. The third-order valence-corrected chi connectivity index (χ3v) is 1.95. The first-order valence-corrected chi connectivity index (χ1v) is 3.92. The minimum absolute atomic E-state index is 0.437. The van der Waals surface area contributed by atoms with Crippen LogP contribution in [-0.4, -0.2) is 4.98 Å². The van der Waals surface area contributed by atoms with E-state index in [2.05, 4.69) is 4.98 Å². The van der Waals surface area contributed by atoms with E-state index in [-0.39, 0.29) is 0 Å². The summed E-state index contributed by atoms with van der Waals surface area (Å²) in [7, 11) is 0. The van der Waals surface area contributed by atoms with E-state index >= 15 is 0 Å². The van der Waals surface area contributed by atoms with Crippen LogP contribution in [0, 0.1) is 0 Å². The largest absolute Gasteiger partial charge is 0.431 e. The zero-order valence-corrected chi connectivity index (χ0v) is 7.02. The predicted molar refractivity (Wildman–Crippen MR) is 47.7 cm³/mol. The number of nitrogens with two attached hydrogens (primary N) is 1. The maximum Gasteiger partial charge on any atom is 0.431 e. The van der Waals surface area contributed by atoms with Crippen LogP contribution in [-0.2, 0) is 6.18 Å². The second-order valence-corrected chi connectivity index (χ2v) is 3.03. The minimum Gasteiger partial charge on any atom is -0.399 e. The fourth-order valence-electron chi connectivity index (χ4n) is 1.30. The first-order chi connectivity index (χ1) is 6.47. The first-order valence-electron chi connectivity index (χ1n) is 3.92. The number of rotatable bonds is 0. The second-order valence-electron chi connectivity index (χ2n) is 3.03. The molecule has 5 heteroatoms. The van der Waals surface area contributed by atoms with Crippen molar-refractivity contribution in [3.8, 4) is 0 Å². The zero-order chi connectivity index (χ0) is 10.3. The lowest BCUT2D eigenvalue weighted by atomic mass is 10.2. The molecular weight excluding hydrogens is 193 g/mol. The third kappa shape index (κ3) is 1.41. The van der Waals surface area contributed by atoms with Gasteiger partial charge in [0, 0.05) is 16.6 Å². The Bertz CT molecular complexity index is 470. The zero-order valence-electron chi connectivity index (χ0n) is 7.02. The molecule has 1 aromatic heterocycles. The average molecular weight is 200 g/mol. The summed E-state index contributed by atoms with van der Waals surface area (Å²) in [5.74, 6) is 0. The molecule has 0 saturated carbocycles. The van der Waals surface area contributed by atoms with Gasteiger partial charge >= 0.3 is 6.18 Å². The maximum absolute atomic E-state index is 12.3. The van der Waals surface area contributed by atoms with Crippen molar-refractivity contribution >= 4 is 16.6 Å². The summed E-state index contributed by atoms with van der Waals surface area (Å²) in [6, 6.07) is 5.63. The number of H-pyrrole nitrogens is 1. The second kappa shape index (κ2) is 2.67.